The average Bonchev–Trinajstić information content (AvgIpc) is 3.38. The summed E-state index contributed by atoms with van der Waals surface area (Å²) in [5.41, 5.74) is 2.53. The number of aromatic nitrogens is 4. The van der Waals surface area contributed by atoms with Gasteiger partial charge in [-0.15, -0.1) is 0 Å². The van der Waals surface area contributed by atoms with Crippen LogP contribution in [0.1, 0.15) is 52.5 Å². The van der Waals surface area contributed by atoms with Crippen LogP contribution in [0.15, 0.2) is 41.5 Å². The van der Waals surface area contributed by atoms with Crippen molar-refractivity contribution in [1.29, 1.82) is 0 Å². The summed E-state index contributed by atoms with van der Waals surface area (Å²) in [6, 6.07) is 8.22. The molecule has 2 fully saturated rings. The molecule has 36 heavy (non-hydrogen) atoms. The summed E-state index contributed by atoms with van der Waals surface area (Å²) in [7, 11) is 0. The molecule has 0 atom stereocenters. The van der Waals surface area contributed by atoms with Crippen molar-refractivity contribution < 1.29 is 9.53 Å². The number of anilines is 3. The van der Waals surface area contributed by atoms with Crippen molar-refractivity contribution in [2.24, 2.45) is 0 Å². The van der Waals surface area contributed by atoms with E-state index >= 15 is 0 Å². The van der Waals surface area contributed by atoms with Crippen LogP contribution in [0.2, 0.25) is 0 Å². The lowest BCUT2D eigenvalue weighted by molar-refractivity contribution is 0.0240. The largest absolute Gasteiger partial charge is 0.444 e. The van der Waals surface area contributed by atoms with Crippen molar-refractivity contribution >= 4 is 34.6 Å². The molecule has 1 aliphatic carbocycles. The molecule has 5 rings (SSSR count). The van der Waals surface area contributed by atoms with E-state index in [9.17, 15) is 9.59 Å². The summed E-state index contributed by atoms with van der Waals surface area (Å²) < 4.78 is 7.27. The average molecular weight is 492 g/mol. The zero-order valence-corrected chi connectivity index (χ0v) is 21.1. The van der Waals surface area contributed by atoms with Gasteiger partial charge in [0.15, 0.2) is 5.65 Å². The Hall–Kier alpha value is -3.69. The van der Waals surface area contributed by atoms with Gasteiger partial charge in [0.2, 0.25) is 5.95 Å². The fourth-order valence-corrected chi connectivity index (χ4v) is 4.86. The SMILES string of the molecule is CC(C)(C)OC(=O)N1CCN(c2ccc(Nc3ncc4ncc(=O)n(C5CCCC5)c4n3)cc2)CC1. The van der Waals surface area contributed by atoms with Crippen LogP contribution in [0.3, 0.4) is 0 Å². The molecule has 0 unspecified atom stereocenters. The van der Waals surface area contributed by atoms with Crippen LogP contribution in [0.25, 0.3) is 11.2 Å². The Morgan fingerprint density at radius 1 is 1.00 bits per heavy atom. The molecule has 190 valence electrons. The minimum absolute atomic E-state index is 0.116. The number of nitrogens with one attached hydrogen (secondary N) is 1. The summed E-state index contributed by atoms with van der Waals surface area (Å²) in [4.78, 5) is 42.2. The van der Waals surface area contributed by atoms with Crippen molar-refractivity contribution in [3.63, 3.8) is 0 Å². The van der Waals surface area contributed by atoms with Crippen LogP contribution in [0, 0.1) is 0 Å². The van der Waals surface area contributed by atoms with Crippen LogP contribution in [-0.4, -0.2) is 62.3 Å². The number of carbonyl (C=O) groups is 1. The highest BCUT2D eigenvalue weighted by atomic mass is 16.6. The van der Waals surface area contributed by atoms with E-state index in [4.69, 9.17) is 4.74 Å². The standard InChI is InChI=1S/C26H33N7O3/c1-26(2,3)36-25(35)32-14-12-31(13-15-32)19-10-8-18(9-11-19)29-24-28-16-21-23(30-24)33(22(34)17-27-21)20-6-4-5-7-20/h8-11,16-17,20H,4-7,12-15H2,1-3H3,(H,28,29,30). The van der Waals surface area contributed by atoms with Crippen molar-refractivity contribution in [2.75, 3.05) is 36.4 Å². The highest BCUT2D eigenvalue weighted by molar-refractivity contribution is 5.72. The third-order valence-electron chi connectivity index (χ3n) is 6.64. The molecule has 0 bridgehead atoms. The molecule has 10 heteroatoms. The number of carbonyl (C=O) groups excluding carboxylic acids is 1. The molecule has 1 aliphatic heterocycles. The van der Waals surface area contributed by atoms with Gasteiger partial charge in [0.1, 0.15) is 11.1 Å². The molecule has 1 N–H and O–H groups in total. The minimum Gasteiger partial charge on any atom is -0.444 e. The van der Waals surface area contributed by atoms with Gasteiger partial charge < -0.3 is 19.9 Å². The topological polar surface area (TPSA) is 105 Å². The van der Waals surface area contributed by atoms with Crippen LogP contribution in [0.5, 0.6) is 0 Å². The molecule has 1 saturated heterocycles. The van der Waals surface area contributed by atoms with Gasteiger partial charge in [0, 0.05) is 43.6 Å². The molecule has 0 spiro atoms. The van der Waals surface area contributed by atoms with Gasteiger partial charge in [-0.3, -0.25) is 9.36 Å². The molecule has 10 nitrogen and oxygen atoms in total. The van der Waals surface area contributed by atoms with Gasteiger partial charge in [-0.25, -0.2) is 14.8 Å². The van der Waals surface area contributed by atoms with E-state index < -0.39 is 5.60 Å². The van der Waals surface area contributed by atoms with Gasteiger partial charge in [-0.1, -0.05) is 12.8 Å². The molecule has 3 aromatic rings. The first kappa shape index (κ1) is 24.0. The van der Waals surface area contributed by atoms with E-state index in [0.717, 1.165) is 50.1 Å². The van der Waals surface area contributed by atoms with Gasteiger partial charge in [-0.2, -0.15) is 4.98 Å². The molecule has 1 saturated carbocycles. The zero-order chi connectivity index (χ0) is 25.3. The Bertz CT molecular complexity index is 1290. The second-order valence-electron chi connectivity index (χ2n) is 10.4. The number of rotatable bonds is 4. The maximum absolute atomic E-state index is 12.6. The van der Waals surface area contributed by atoms with Crippen LogP contribution < -0.4 is 15.8 Å². The maximum Gasteiger partial charge on any atom is 0.410 e. The second kappa shape index (κ2) is 9.75. The minimum atomic E-state index is -0.490. The first-order valence-corrected chi connectivity index (χ1v) is 12.6. The van der Waals surface area contributed by atoms with Crippen LogP contribution >= 0.6 is 0 Å². The number of amides is 1. The Morgan fingerprint density at radius 3 is 2.36 bits per heavy atom. The maximum atomic E-state index is 12.6. The number of benzene rings is 1. The third kappa shape index (κ3) is 5.27. The first-order chi connectivity index (χ1) is 17.3. The lowest BCUT2D eigenvalue weighted by atomic mass is 10.2. The fourth-order valence-electron chi connectivity index (χ4n) is 4.86. The van der Waals surface area contributed by atoms with E-state index in [-0.39, 0.29) is 17.7 Å². The second-order valence-corrected chi connectivity index (χ2v) is 10.4. The lowest BCUT2D eigenvalue weighted by Crippen LogP contribution is -2.50. The van der Waals surface area contributed by atoms with Crippen molar-refractivity contribution in [2.45, 2.75) is 58.1 Å². The van der Waals surface area contributed by atoms with E-state index in [1.54, 1.807) is 15.7 Å². The van der Waals surface area contributed by atoms with Gasteiger partial charge in [0.05, 0.1) is 12.4 Å². The Labute approximate surface area is 210 Å². The van der Waals surface area contributed by atoms with Gasteiger partial charge in [0.25, 0.3) is 5.56 Å². The normalized spacial score (nSPS) is 17.0. The molecule has 2 aromatic heterocycles. The molecular formula is C26H33N7O3. The number of piperazine rings is 1. The molecule has 3 heterocycles. The Balaban J connectivity index is 1.25. The lowest BCUT2D eigenvalue weighted by Gasteiger charge is -2.36. The predicted molar refractivity (Wildman–Crippen MR) is 139 cm³/mol. The van der Waals surface area contributed by atoms with Gasteiger partial charge >= 0.3 is 6.09 Å². The summed E-state index contributed by atoms with van der Waals surface area (Å²) in [5.74, 6) is 0.431. The smallest absolute Gasteiger partial charge is 0.410 e. The van der Waals surface area contributed by atoms with E-state index in [1.807, 2.05) is 45.0 Å². The van der Waals surface area contributed by atoms with Crippen LogP contribution in [0.4, 0.5) is 22.1 Å². The fraction of sp³-hybridized carbons (Fsp3) is 0.500. The highest BCUT2D eigenvalue weighted by Crippen LogP contribution is 2.30. The molecule has 1 amide bonds. The highest BCUT2D eigenvalue weighted by Gasteiger charge is 2.26. The monoisotopic (exact) mass is 491 g/mol. The third-order valence-corrected chi connectivity index (χ3v) is 6.64. The number of nitrogens with zero attached hydrogens (tertiary/aromatic N) is 6. The molecule has 2 aliphatic rings. The predicted octanol–water partition coefficient (Wildman–Crippen LogP) is 4.10. The van der Waals surface area contributed by atoms with Crippen molar-refractivity contribution in [1.82, 2.24) is 24.4 Å². The summed E-state index contributed by atoms with van der Waals surface area (Å²) in [5, 5.41) is 3.25. The number of ether oxygens (including phenoxy) is 1. The van der Waals surface area contributed by atoms with E-state index in [1.165, 1.54) is 6.20 Å². The Kier molecular flexibility index (Phi) is 6.51. The quantitative estimate of drug-likeness (QED) is 0.582. The molecular weight excluding hydrogens is 458 g/mol. The van der Waals surface area contributed by atoms with E-state index in [2.05, 4.69) is 25.2 Å². The van der Waals surface area contributed by atoms with Crippen LogP contribution in [-0.2, 0) is 4.74 Å². The summed E-state index contributed by atoms with van der Waals surface area (Å²) in [6.07, 6.45) is 6.99. The van der Waals surface area contributed by atoms with Crippen molar-refractivity contribution in [3.05, 3.63) is 47.0 Å². The van der Waals surface area contributed by atoms with E-state index in [0.29, 0.717) is 30.2 Å². The number of hydrogen-bond acceptors (Lipinski definition) is 8. The first-order valence-electron chi connectivity index (χ1n) is 12.6. The summed E-state index contributed by atoms with van der Waals surface area (Å²) >= 11 is 0. The molecule has 1 aromatic carbocycles. The molecule has 0 radical (unpaired) electrons. The summed E-state index contributed by atoms with van der Waals surface area (Å²) in [6.45, 7) is 8.37. The number of fused-ring (bicyclic) bond motifs is 1. The number of hydrogen-bond donors (Lipinski definition) is 1. The van der Waals surface area contributed by atoms with Crippen molar-refractivity contribution in [3.8, 4) is 0 Å². The van der Waals surface area contributed by atoms with Gasteiger partial charge in [-0.05, 0) is 57.9 Å². The Morgan fingerprint density at radius 2 is 1.69 bits per heavy atom. The zero-order valence-electron chi connectivity index (χ0n) is 21.1.